The van der Waals surface area contributed by atoms with Crippen LogP contribution in [0.5, 0.6) is 11.8 Å². The lowest BCUT2D eigenvalue weighted by Crippen LogP contribution is -2.55. The standard InChI is InChI=1S/C32H37N7O3/c1-3-30(41)39-15-14-38(19-24(39)8-11-33)31-27-10-13-37(29-17-25(40)16-23-6-4-5-7-26(23)29)20-28(27)34-32(35-31)42-21-22-9-12-36(2)18-22/h3-7,16-17,22,24,40H,1,8-10,12-15,18-21H2,2H3. The van der Waals surface area contributed by atoms with E-state index in [0.29, 0.717) is 44.7 Å². The Morgan fingerprint density at radius 3 is 2.81 bits per heavy atom. The van der Waals surface area contributed by atoms with E-state index >= 15 is 0 Å². The molecule has 2 atom stereocenters. The SMILES string of the molecule is C=CC(=O)N1CCN(c2nc(OCC3CCN(C)C3)nc3c2CCN(c2cc(O)cc4ccccc24)C3)CC1CC#N. The van der Waals surface area contributed by atoms with Crippen LogP contribution in [0, 0.1) is 17.2 Å². The number of phenols is 1. The number of likely N-dealkylation sites (tertiary alicyclic amines) is 1. The molecule has 0 aliphatic carbocycles. The van der Waals surface area contributed by atoms with Gasteiger partial charge in [0.1, 0.15) is 11.6 Å². The number of piperazine rings is 1. The molecule has 4 heterocycles. The predicted octanol–water partition coefficient (Wildman–Crippen LogP) is 3.35. The maximum absolute atomic E-state index is 12.5. The van der Waals surface area contributed by atoms with Crippen LogP contribution < -0.4 is 14.5 Å². The largest absolute Gasteiger partial charge is 0.508 e. The Hall–Kier alpha value is -4.36. The fourth-order valence-electron chi connectivity index (χ4n) is 6.55. The number of amides is 1. The van der Waals surface area contributed by atoms with Gasteiger partial charge in [0.2, 0.25) is 5.91 Å². The van der Waals surface area contributed by atoms with Crippen molar-refractivity contribution >= 4 is 28.2 Å². The van der Waals surface area contributed by atoms with Crippen molar-refractivity contribution in [2.24, 2.45) is 5.92 Å². The normalized spacial score (nSPS) is 20.8. The maximum Gasteiger partial charge on any atom is 0.318 e. The molecule has 218 valence electrons. The van der Waals surface area contributed by atoms with Crippen molar-refractivity contribution in [3.8, 4) is 17.8 Å². The number of fused-ring (bicyclic) bond motifs is 2. The number of anilines is 2. The highest BCUT2D eigenvalue weighted by Crippen LogP contribution is 2.37. The van der Waals surface area contributed by atoms with E-state index in [1.54, 1.807) is 11.0 Å². The number of phenolic OH excluding ortho intramolecular Hbond substituents is 1. The second-order valence-electron chi connectivity index (χ2n) is 11.5. The second kappa shape index (κ2) is 11.9. The summed E-state index contributed by atoms with van der Waals surface area (Å²) in [5.41, 5.74) is 2.94. The average molecular weight is 568 g/mol. The van der Waals surface area contributed by atoms with Crippen molar-refractivity contribution < 1.29 is 14.6 Å². The van der Waals surface area contributed by atoms with E-state index < -0.39 is 0 Å². The number of benzene rings is 2. The van der Waals surface area contributed by atoms with Gasteiger partial charge in [0.25, 0.3) is 0 Å². The molecule has 1 aromatic heterocycles. The molecule has 42 heavy (non-hydrogen) atoms. The lowest BCUT2D eigenvalue weighted by molar-refractivity contribution is -0.128. The predicted molar refractivity (Wildman–Crippen MR) is 162 cm³/mol. The van der Waals surface area contributed by atoms with Crippen LogP contribution in [-0.4, -0.2) is 89.7 Å². The van der Waals surface area contributed by atoms with E-state index in [1.807, 2.05) is 24.3 Å². The van der Waals surface area contributed by atoms with Crippen LogP contribution in [0.2, 0.25) is 0 Å². The Morgan fingerprint density at radius 2 is 2.02 bits per heavy atom. The van der Waals surface area contributed by atoms with Crippen LogP contribution in [0.25, 0.3) is 10.8 Å². The van der Waals surface area contributed by atoms with Gasteiger partial charge in [0, 0.05) is 61.3 Å². The zero-order valence-corrected chi connectivity index (χ0v) is 24.1. The van der Waals surface area contributed by atoms with Gasteiger partial charge in [0.15, 0.2) is 0 Å². The Balaban J connectivity index is 1.33. The van der Waals surface area contributed by atoms with Crippen molar-refractivity contribution in [3.63, 3.8) is 0 Å². The summed E-state index contributed by atoms with van der Waals surface area (Å²) < 4.78 is 6.25. The summed E-state index contributed by atoms with van der Waals surface area (Å²) >= 11 is 0. The molecular formula is C32H37N7O3. The zero-order chi connectivity index (χ0) is 29.2. The lowest BCUT2D eigenvalue weighted by Gasteiger charge is -2.42. The minimum Gasteiger partial charge on any atom is -0.508 e. The Labute approximate surface area is 246 Å². The maximum atomic E-state index is 12.5. The summed E-state index contributed by atoms with van der Waals surface area (Å²) in [7, 11) is 2.13. The number of rotatable bonds is 7. The summed E-state index contributed by atoms with van der Waals surface area (Å²) in [5.74, 6) is 1.34. The quantitative estimate of drug-likeness (QED) is 0.430. The van der Waals surface area contributed by atoms with Gasteiger partial charge in [-0.3, -0.25) is 4.79 Å². The molecule has 2 fully saturated rings. The molecule has 1 amide bonds. The number of ether oxygens (including phenoxy) is 1. The zero-order valence-electron chi connectivity index (χ0n) is 24.1. The first-order valence-corrected chi connectivity index (χ1v) is 14.7. The average Bonchev–Trinajstić information content (AvgIpc) is 3.43. The van der Waals surface area contributed by atoms with E-state index in [-0.39, 0.29) is 24.1 Å². The molecule has 2 saturated heterocycles. The first-order chi connectivity index (χ1) is 20.4. The van der Waals surface area contributed by atoms with Crippen molar-refractivity contribution in [2.45, 2.75) is 31.8 Å². The van der Waals surface area contributed by atoms with Crippen molar-refractivity contribution in [3.05, 3.63) is 60.3 Å². The third-order valence-electron chi connectivity index (χ3n) is 8.69. The number of carbonyl (C=O) groups excluding carboxylic acids is 1. The highest BCUT2D eigenvalue weighted by atomic mass is 16.5. The Kier molecular flexibility index (Phi) is 7.85. The molecule has 3 aromatic rings. The molecule has 2 unspecified atom stereocenters. The molecule has 0 saturated carbocycles. The van der Waals surface area contributed by atoms with E-state index in [9.17, 15) is 15.2 Å². The minimum absolute atomic E-state index is 0.154. The molecule has 10 nitrogen and oxygen atoms in total. The molecule has 10 heteroatoms. The van der Waals surface area contributed by atoms with Gasteiger partial charge in [-0.2, -0.15) is 15.2 Å². The third kappa shape index (κ3) is 5.57. The summed E-state index contributed by atoms with van der Waals surface area (Å²) in [4.78, 5) is 30.9. The first-order valence-electron chi connectivity index (χ1n) is 14.7. The smallest absolute Gasteiger partial charge is 0.318 e. The summed E-state index contributed by atoms with van der Waals surface area (Å²) in [5, 5.41) is 22.1. The van der Waals surface area contributed by atoms with Gasteiger partial charge in [0.05, 0.1) is 37.4 Å². The second-order valence-corrected chi connectivity index (χ2v) is 11.5. The van der Waals surface area contributed by atoms with Crippen LogP contribution in [-0.2, 0) is 17.8 Å². The van der Waals surface area contributed by atoms with Crippen LogP contribution in [0.15, 0.2) is 49.1 Å². The fourth-order valence-corrected chi connectivity index (χ4v) is 6.55. The summed E-state index contributed by atoms with van der Waals surface area (Å²) in [6.07, 6.45) is 3.36. The molecule has 0 radical (unpaired) electrons. The summed E-state index contributed by atoms with van der Waals surface area (Å²) in [6.45, 7) is 9.13. The number of carbonyl (C=O) groups is 1. The van der Waals surface area contributed by atoms with E-state index in [1.165, 1.54) is 6.08 Å². The topological polar surface area (TPSA) is 109 Å². The van der Waals surface area contributed by atoms with E-state index in [2.05, 4.69) is 40.5 Å². The van der Waals surface area contributed by atoms with Gasteiger partial charge in [-0.25, -0.2) is 0 Å². The number of nitrogens with zero attached hydrogens (tertiary/aromatic N) is 7. The molecule has 0 bridgehead atoms. The van der Waals surface area contributed by atoms with E-state index in [0.717, 1.165) is 66.0 Å². The molecule has 6 rings (SSSR count). The molecule has 3 aliphatic heterocycles. The monoisotopic (exact) mass is 567 g/mol. The lowest BCUT2D eigenvalue weighted by atomic mass is 10.0. The number of aromatic hydroxyl groups is 1. The highest BCUT2D eigenvalue weighted by molar-refractivity contribution is 5.95. The molecule has 0 spiro atoms. The summed E-state index contributed by atoms with van der Waals surface area (Å²) in [6, 6.07) is 14.1. The molecule has 2 aromatic carbocycles. The molecule has 1 N–H and O–H groups in total. The van der Waals surface area contributed by atoms with Gasteiger partial charge in [-0.05, 0) is 44.0 Å². The van der Waals surface area contributed by atoms with Gasteiger partial charge < -0.3 is 29.4 Å². The van der Waals surface area contributed by atoms with Crippen molar-refractivity contribution in [1.29, 1.82) is 5.26 Å². The number of aromatic nitrogens is 2. The Morgan fingerprint density at radius 1 is 1.17 bits per heavy atom. The van der Waals surface area contributed by atoms with E-state index in [4.69, 9.17) is 14.7 Å². The van der Waals surface area contributed by atoms with Crippen LogP contribution in [0.4, 0.5) is 11.5 Å². The number of nitriles is 1. The van der Waals surface area contributed by atoms with Crippen LogP contribution in [0.1, 0.15) is 24.1 Å². The molecule has 3 aliphatic rings. The number of hydrogen-bond acceptors (Lipinski definition) is 9. The van der Waals surface area contributed by atoms with Gasteiger partial charge in [-0.1, -0.05) is 30.8 Å². The highest BCUT2D eigenvalue weighted by Gasteiger charge is 2.33. The van der Waals surface area contributed by atoms with Crippen LogP contribution >= 0.6 is 0 Å². The fraction of sp³-hybridized carbons (Fsp3) is 0.438. The van der Waals surface area contributed by atoms with Gasteiger partial charge in [-0.15, -0.1) is 0 Å². The van der Waals surface area contributed by atoms with Crippen molar-refractivity contribution in [1.82, 2.24) is 19.8 Å². The molecular weight excluding hydrogens is 530 g/mol. The number of hydrogen-bond donors (Lipinski definition) is 1. The van der Waals surface area contributed by atoms with Gasteiger partial charge >= 0.3 is 6.01 Å². The van der Waals surface area contributed by atoms with Crippen molar-refractivity contribution in [2.75, 3.05) is 62.7 Å². The Bertz CT molecular complexity index is 1540. The van der Waals surface area contributed by atoms with Crippen LogP contribution in [0.3, 0.4) is 0 Å². The third-order valence-corrected chi connectivity index (χ3v) is 8.69. The first kappa shape index (κ1) is 27.8. The minimum atomic E-state index is -0.253.